The van der Waals surface area contributed by atoms with Crippen LogP contribution in [0.1, 0.15) is 24.9 Å². The maximum absolute atomic E-state index is 13.3. The molecule has 0 spiro atoms. The van der Waals surface area contributed by atoms with Crippen molar-refractivity contribution >= 4 is 32.8 Å². The molecular weight excluding hydrogens is 512 g/mol. The summed E-state index contributed by atoms with van der Waals surface area (Å²) in [5.41, 5.74) is 2.08. The minimum absolute atomic E-state index is 0.0465. The van der Waals surface area contributed by atoms with Gasteiger partial charge < -0.3 is 10.6 Å². The Labute approximate surface area is 210 Å². The van der Waals surface area contributed by atoms with Gasteiger partial charge in [-0.2, -0.15) is 18.2 Å². The number of pyridine rings is 1. The minimum atomic E-state index is -4.50. The second-order valence-electron chi connectivity index (χ2n) is 8.15. The SMILES string of the molecule is CCC(Nc1nc(NCC(F)(F)F)c2nc(-c3ccc(F)cc3)ccc2n1)c1ccc(S(N)(=O)=O)cc1. The molecule has 13 heteroatoms. The monoisotopic (exact) mass is 534 g/mol. The van der Waals surface area contributed by atoms with E-state index in [2.05, 4.69) is 25.6 Å². The summed E-state index contributed by atoms with van der Waals surface area (Å²) in [6.07, 6.45) is -3.97. The molecule has 0 radical (unpaired) electrons. The van der Waals surface area contributed by atoms with Crippen LogP contribution in [0.25, 0.3) is 22.3 Å². The van der Waals surface area contributed by atoms with Crippen molar-refractivity contribution in [2.75, 3.05) is 17.2 Å². The maximum atomic E-state index is 13.3. The first-order chi connectivity index (χ1) is 17.4. The number of halogens is 4. The third-order valence-corrected chi connectivity index (χ3v) is 6.39. The summed E-state index contributed by atoms with van der Waals surface area (Å²) in [4.78, 5) is 13.1. The van der Waals surface area contributed by atoms with E-state index >= 15 is 0 Å². The van der Waals surface area contributed by atoms with Crippen LogP contribution in [0.15, 0.2) is 65.6 Å². The Morgan fingerprint density at radius 3 is 2.22 bits per heavy atom. The molecule has 8 nitrogen and oxygen atoms in total. The van der Waals surface area contributed by atoms with Crippen LogP contribution in [-0.2, 0) is 10.0 Å². The molecule has 0 aliphatic carbocycles. The average Bonchev–Trinajstić information content (AvgIpc) is 2.85. The molecule has 4 N–H and O–H groups in total. The van der Waals surface area contributed by atoms with Gasteiger partial charge in [-0.05, 0) is 60.5 Å². The van der Waals surface area contributed by atoms with E-state index in [-0.39, 0.29) is 33.7 Å². The Morgan fingerprint density at radius 1 is 0.946 bits per heavy atom. The lowest BCUT2D eigenvalue weighted by molar-refractivity contribution is -0.115. The number of sulfonamides is 1. The lowest BCUT2D eigenvalue weighted by Crippen LogP contribution is -2.22. The zero-order valence-corrected chi connectivity index (χ0v) is 20.2. The smallest absolute Gasteiger partial charge is 0.359 e. The molecule has 1 atom stereocenters. The highest BCUT2D eigenvalue weighted by Crippen LogP contribution is 2.28. The zero-order chi connectivity index (χ0) is 26.8. The molecule has 0 aliphatic heterocycles. The Balaban J connectivity index is 1.71. The molecule has 0 bridgehead atoms. The lowest BCUT2D eigenvalue weighted by Gasteiger charge is -2.19. The van der Waals surface area contributed by atoms with Crippen molar-refractivity contribution in [3.8, 4) is 11.3 Å². The van der Waals surface area contributed by atoms with Crippen molar-refractivity contribution in [2.24, 2.45) is 5.14 Å². The predicted octanol–water partition coefficient (Wildman–Crippen LogP) is 5.02. The number of fused-ring (bicyclic) bond motifs is 1. The van der Waals surface area contributed by atoms with Crippen molar-refractivity contribution in [2.45, 2.75) is 30.5 Å². The van der Waals surface area contributed by atoms with Gasteiger partial charge in [-0.3, -0.25) is 0 Å². The van der Waals surface area contributed by atoms with Gasteiger partial charge >= 0.3 is 6.18 Å². The summed E-state index contributed by atoms with van der Waals surface area (Å²) in [5, 5.41) is 10.5. The molecule has 2 heterocycles. The van der Waals surface area contributed by atoms with E-state index in [1.165, 1.54) is 36.4 Å². The quantitative estimate of drug-likeness (QED) is 0.272. The maximum Gasteiger partial charge on any atom is 0.405 e. The summed E-state index contributed by atoms with van der Waals surface area (Å²) in [7, 11) is -3.86. The summed E-state index contributed by atoms with van der Waals surface area (Å²) in [6, 6.07) is 14.3. The number of anilines is 2. The third-order valence-electron chi connectivity index (χ3n) is 5.46. The van der Waals surface area contributed by atoms with Crippen LogP contribution >= 0.6 is 0 Å². The van der Waals surface area contributed by atoms with Gasteiger partial charge in [0.15, 0.2) is 5.82 Å². The Hall–Kier alpha value is -3.84. The first-order valence-corrected chi connectivity index (χ1v) is 12.6. The number of hydrogen-bond donors (Lipinski definition) is 3. The van der Waals surface area contributed by atoms with E-state index in [9.17, 15) is 26.0 Å². The number of rotatable bonds is 8. The first kappa shape index (κ1) is 26.2. The molecule has 2 aromatic heterocycles. The molecule has 2 aromatic carbocycles. The first-order valence-electron chi connectivity index (χ1n) is 11.1. The standard InChI is InChI=1S/C24H22F4N6O2S/c1-2-18(14-5-9-17(10-6-14)37(29,35)36)32-23-33-20-12-11-19(15-3-7-16(25)8-4-15)31-21(20)22(34-23)30-13-24(26,27)28/h3-12,18H,2,13H2,1H3,(H2,29,35,36)(H2,30,32,33,34). The van der Waals surface area contributed by atoms with E-state index in [0.717, 1.165) is 0 Å². The second kappa shape index (κ2) is 10.3. The fraction of sp³-hybridized carbons (Fsp3) is 0.208. The van der Waals surface area contributed by atoms with Crippen LogP contribution in [0.5, 0.6) is 0 Å². The molecule has 0 saturated heterocycles. The van der Waals surface area contributed by atoms with Gasteiger partial charge in [0.25, 0.3) is 0 Å². The van der Waals surface area contributed by atoms with Gasteiger partial charge in [0.05, 0.1) is 22.1 Å². The fourth-order valence-electron chi connectivity index (χ4n) is 3.63. The number of nitrogens with one attached hydrogen (secondary N) is 2. The van der Waals surface area contributed by atoms with E-state index in [1.807, 2.05) is 6.92 Å². The Bertz CT molecular complexity index is 1510. The van der Waals surface area contributed by atoms with Gasteiger partial charge in [-0.25, -0.2) is 27.9 Å². The van der Waals surface area contributed by atoms with E-state index < -0.39 is 28.6 Å². The molecule has 0 amide bonds. The van der Waals surface area contributed by atoms with Gasteiger partial charge in [-0.15, -0.1) is 0 Å². The Kier molecular flexibility index (Phi) is 7.28. The van der Waals surface area contributed by atoms with Gasteiger partial charge in [0, 0.05) is 5.56 Å². The largest absolute Gasteiger partial charge is 0.405 e. The second-order valence-corrected chi connectivity index (χ2v) is 9.72. The van der Waals surface area contributed by atoms with Crippen LogP contribution in [0, 0.1) is 5.82 Å². The van der Waals surface area contributed by atoms with Crippen LogP contribution in [0.4, 0.5) is 29.3 Å². The number of nitrogens with two attached hydrogens (primary N) is 1. The van der Waals surface area contributed by atoms with E-state index in [0.29, 0.717) is 23.2 Å². The number of aromatic nitrogens is 3. The third kappa shape index (κ3) is 6.49. The van der Waals surface area contributed by atoms with E-state index in [4.69, 9.17) is 5.14 Å². The van der Waals surface area contributed by atoms with Crippen molar-refractivity contribution < 1.29 is 26.0 Å². The molecule has 4 rings (SSSR count). The highest BCUT2D eigenvalue weighted by molar-refractivity contribution is 7.89. The number of primary sulfonamides is 1. The topological polar surface area (TPSA) is 123 Å². The zero-order valence-electron chi connectivity index (χ0n) is 19.4. The summed E-state index contributed by atoms with van der Waals surface area (Å²) >= 11 is 0. The van der Waals surface area contributed by atoms with Crippen molar-refractivity contribution in [1.82, 2.24) is 15.0 Å². The number of hydrogen-bond acceptors (Lipinski definition) is 7. The van der Waals surface area contributed by atoms with E-state index in [1.54, 1.807) is 24.3 Å². The lowest BCUT2D eigenvalue weighted by atomic mass is 10.1. The normalized spacial score (nSPS) is 12.9. The van der Waals surface area contributed by atoms with Crippen LogP contribution in [0.2, 0.25) is 0 Å². The van der Waals surface area contributed by atoms with Gasteiger partial charge in [0.2, 0.25) is 16.0 Å². The molecular formula is C24H22F4N6O2S. The van der Waals surface area contributed by atoms with Crippen LogP contribution in [0.3, 0.4) is 0 Å². The highest BCUT2D eigenvalue weighted by Gasteiger charge is 2.28. The number of benzene rings is 2. The molecule has 4 aromatic rings. The average molecular weight is 535 g/mol. The molecule has 37 heavy (non-hydrogen) atoms. The van der Waals surface area contributed by atoms with Gasteiger partial charge in [0.1, 0.15) is 17.9 Å². The van der Waals surface area contributed by atoms with Crippen LogP contribution in [-0.4, -0.2) is 36.1 Å². The Morgan fingerprint density at radius 2 is 1.62 bits per heavy atom. The van der Waals surface area contributed by atoms with Gasteiger partial charge in [-0.1, -0.05) is 19.1 Å². The van der Waals surface area contributed by atoms with Crippen molar-refractivity contribution in [1.29, 1.82) is 0 Å². The summed E-state index contributed by atoms with van der Waals surface area (Å²) < 4.78 is 75.4. The minimum Gasteiger partial charge on any atom is -0.359 e. The van der Waals surface area contributed by atoms with Crippen molar-refractivity contribution in [3.63, 3.8) is 0 Å². The molecule has 0 aliphatic rings. The highest BCUT2D eigenvalue weighted by atomic mass is 32.2. The van der Waals surface area contributed by atoms with Crippen LogP contribution < -0.4 is 15.8 Å². The number of nitrogens with zero attached hydrogens (tertiary/aromatic N) is 3. The molecule has 0 fully saturated rings. The summed E-state index contributed by atoms with van der Waals surface area (Å²) in [5.74, 6) is -0.509. The molecule has 0 saturated carbocycles. The van der Waals surface area contributed by atoms with Crippen molar-refractivity contribution in [3.05, 3.63) is 72.0 Å². The fourth-order valence-corrected chi connectivity index (χ4v) is 4.15. The summed E-state index contributed by atoms with van der Waals surface area (Å²) in [6.45, 7) is 0.527. The molecule has 194 valence electrons. The number of alkyl halides is 3. The molecule has 1 unspecified atom stereocenters. The predicted molar refractivity (Wildman–Crippen MR) is 132 cm³/mol.